The Bertz CT molecular complexity index is 154. The highest BCUT2D eigenvalue weighted by atomic mass is 16.3. The van der Waals surface area contributed by atoms with Crippen LogP contribution >= 0.6 is 0 Å². The van der Waals surface area contributed by atoms with Crippen LogP contribution in [0.4, 0.5) is 0 Å². The average Bonchev–Trinajstić information content (AvgIpc) is 2.36. The molecule has 0 aliphatic carbocycles. The molecule has 3 nitrogen and oxygen atoms in total. The molecule has 104 valence electrons. The van der Waals surface area contributed by atoms with Crippen LogP contribution in [0.1, 0.15) is 59.3 Å². The molecule has 0 aliphatic heterocycles. The number of nitrogens with zero attached hydrogens (tertiary/aromatic N) is 1. The van der Waals surface area contributed by atoms with E-state index in [1.165, 1.54) is 38.5 Å². The molecule has 0 rings (SSSR count). The van der Waals surface area contributed by atoms with Gasteiger partial charge >= 0.3 is 0 Å². The smallest absolute Gasteiger partial charge is 0.0584 e. The van der Waals surface area contributed by atoms with Crippen LogP contribution in [0.15, 0.2) is 0 Å². The summed E-state index contributed by atoms with van der Waals surface area (Å²) >= 11 is 0. The summed E-state index contributed by atoms with van der Waals surface area (Å²) in [4.78, 5) is 2.21. The van der Waals surface area contributed by atoms with Crippen LogP contribution in [0.2, 0.25) is 0 Å². The average molecular weight is 245 g/mol. The van der Waals surface area contributed by atoms with Gasteiger partial charge in [0.15, 0.2) is 0 Å². The fraction of sp³-hybridized carbons (Fsp3) is 1.00. The molecule has 3 heteroatoms. The molecule has 2 atom stereocenters. The molecule has 0 spiro atoms. The molecule has 2 unspecified atom stereocenters. The molecule has 2 N–H and O–H groups in total. The van der Waals surface area contributed by atoms with E-state index in [2.05, 4.69) is 11.8 Å². The summed E-state index contributed by atoms with van der Waals surface area (Å²) in [6, 6.07) is 0.292. The highest BCUT2D eigenvalue weighted by Crippen LogP contribution is 2.10. The standard InChI is InChI=1S/C14H31NO2/c1-4-5-6-7-8-9-10-15(13(2)11-16)14(3)12-17/h13-14,16-17H,4-12H2,1-3H3. The Kier molecular flexibility index (Phi) is 10.9. The molecule has 0 fully saturated rings. The lowest BCUT2D eigenvalue weighted by Gasteiger charge is -2.32. The largest absolute Gasteiger partial charge is 0.395 e. The molecular formula is C14H31NO2. The highest BCUT2D eigenvalue weighted by molar-refractivity contribution is 4.72. The van der Waals surface area contributed by atoms with E-state index in [0.29, 0.717) is 0 Å². The van der Waals surface area contributed by atoms with E-state index in [1.807, 2.05) is 13.8 Å². The van der Waals surface area contributed by atoms with Gasteiger partial charge < -0.3 is 10.2 Å². The predicted octanol–water partition coefficient (Wildman–Crippen LogP) is 2.41. The van der Waals surface area contributed by atoms with Crippen LogP contribution in [0.3, 0.4) is 0 Å². The maximum atomic E-state index is 9.20. The van der Waals surface area contributed by atoms with E-state index in [-0.39, 0.29) is 25.3 Å². The molecule has 17 heavy (non-hydrogen) atoms. The Labute approximate surface area is 107 Å². The Morgan fingerprint density at radius 3 is 1.76 bits per heavy atom. The first kappa shape index (κ1) is 16.9. The second kappa shape index (κ2) is 11.0. The van der Waals surface area contributed by atoms with Crippen LogP contribution in [0.25, 0.3) is 0 Å². The number of aliphatic hydroxyl groups is 2. The van der Waals surface area contributed by atoms with Gasteiger partial charge in [-0.25, -0.2) is 0 Å². The van der Waals surface area contributed by atoms with Gasteiger partial charge in [-0.1, -0.05) is 39.0 Å². The molecular weight excluding hydrogens is 214 g/mol. The van der Waals surface area contributed by atoms with Crippen molar-refractivity contribution in [2.45, 2.75) is 71.4 Å². The molecule has 0 saturated carbocycles. The van der Waals surface area contributed by atoms with E-state index in [9.17, 15) is 10.2 Å². The third-order valence-corrected chi connectivity index (χ3v) is 3.43. The van der Waals surface area contributed by atoms with Gasteiger partial charge in [0.2, 0.25) is 0 Å². The molecule has 0 heterocycles. The molecule has 0 aliphatic rings. The highest BCUT2D eigenvalue weighted by Gasteiger charge is 2.18. The minimum Gasteiger partial charge on any atom is -0.395 e. The van der Waals surface area contributed by atoms with Crippen molar-refractivity contribution in [3.63, 3.8) is 0 Å². The number of rotatable bonds is 11. The Balaban J connectivity index is 3.76. The third kappa shape index (κ3) is 7.74. The molecule has 0 amide bonds. The number of hydrogen-bond acceptors (Lipinski definition) is 3. The van der Waals surface area contributed by atoms with Crippen molar-refractivity contribution in [2.75, 3.05) is 19.8 Å². The summed E-state index contributed by atoms with van der Waals surface area (Å²) in [7, 11) is 0. The Hall–Kier alpha value is -0.120. The van der Waals surface area contributed by atoms with Crippen molar-refractivity contribution < 1.29 is 10.2 Å². The van der Waals surface area contributed by atoms with Gasteiger partial charge in [-0.15, -0.1) is 0 Å². The molecule has 0 radical (unpaired) electrons. The summed E-state index contributed by atoms with van der Waals surface area (Å²) in [5.74, 6) is 0. The summed E-state index contributed by atoms with van der Waals surface area (Å²) < 4.78 is 0. The monoisotopic (exact) mass is 245 g/mol. The first-order valence-electron chi connectivity index (χ1n) is 7.14. The normalized spacial score (nSPS) is 15.2. The number of aliphatic hydroxyl groups excluding tert-OH is 2. The molecule has 0 saturated heterocycles. The van der Waals surface area contributed by atoms with E-state index in [4.69, 9.17) is 0 Å². The summed E-state index contributed by atoms with van der Waals surface area (Å²) in [5.41, 5.74) is 0. The van der Waals surface area contributed by atoms with E-state index >= 15 is 0 Å². The zero-order valence-corrected chi connectivity index (χ0v) is 11.9. The van der Waals surface area contributed by atoms with Gasteiger partial charge in [-0.2, -0.15) is 0 Å². The Morgan fingerprint density at radius 1 is 0.824 bits per heavy atom. The Morgan fingerprint density at radius 2 is 1.29 bits per heavy atom. The van der Waals surface area contributed by atoms with Crippen LogP contribution < -0.4 is 0 Å². The fourth-order valence-electron chi connectivity index (χ4n) is 2.16. The topological polar surface area (TPSA) is 43.7 Å². The molecule has 0 aromatic carbocycles. The summed E-state index contributed by atoms with van der Waals surface area (Å²) in [6.07, 6.45) is 7.69. The van der Waals surface area contributed by atoms with Crippen molar-refractivity contribution >= 4 is 0 Å². The van der Waals surface area contributed by atoms with Crippen molar-refractivity contribution in [3.05, 3.63) is 0 Å². The number of hydrogen-bond donors (Lipinski definition) is 2. The van der Waals surface area contributed by atoms with Crippen molar-refractivity contribution in [3.8, 4) is 0 Å². The zero-order valence-electron chi connectivity index (χ0n) is 11.9. The van der Waals surface area contributed by atoms with Crippen LogP contribution in [-0.4, -0.2) is 47.0 Å². The first-order chi connectivity index (χ1) is 8.17. The van der Waals surface area contributed by atoms with Crippen LogP contribution in [-0.2, 0) is 0 Å². The lowest BCUT2D eigenvalue weighted by molar-refractivity contribution is 0.0665. The molecule has 0 bridgehead atoms. The summed E-state index contributed by atoms with van der Waals surface area (Å²) in [5, 5.41) is 18.4. The lowest BCUT2D eigenvalue weighted by Crippen LogP contribution is -2.44. The van der Waals surface area contributed by atoms with E-state index in [0.717, 1.165) is 6.54 Å². The van der Waals surface area contributed by atoms with Crippen molar-refractivity contribution in [2.24, 2.45) is 0 Å². The van der Waals surface area contributed by atoms with Gasteiger partial charge in [0.1, 0.15) is 0 Å². The van der Waals surface area contributed by atoms with Gasteiger partial charge in [0.25, 0.3) is 0 Å². The minimum atomic E-state index is 0.146. The van der Waals surface area contributed by atoms with Crippen molar-refractivity contribution in [1.82, 2.24) is 4.90 Å². The second-order valence-electron chi connectivity index (χ2n) is 5.07. The van der Waals surface area contributed by atoms with Gasteiger partial charge in [-0.05, 0) is 26.8 Å². The fourth-order valence-corrected chi connectivity index (χ4v) is 2.16. The zero-order chi connectivity index (χ0) is 13.1. The minimum absolute atomic E-state index is 0.146. The number of unbranched alkanes of at least 4 members (excludes halogenated alkanes) is 5. The van der Waals surface area contributed by atoms with Gasteiger partial charge in [0.05, 0.1) is 13.2 Å². The molecule has 0 aromatic rings. The summed E-state index contributed by atoms with van der Waals surface area (Å²) in [6.45, 7) is 7.58. The third-order valence-electron chi connectivity index (χ3n) is 3.43. The van der Waals surface area contributed by atoms with E-state index < -0.39 is 0 Å². The second-order valence-corrected chi connectivity index (χ2v) is 5.07. The van der Waals surface area contributed by atoms with E-state index in [1.54, 1.807) is 0 Å². The predicted molar refractivity (Wildman–Crippen MR) is 73.2 cm³/mol. The maximum Gasteiger partial charge on any atom is 0.0584 e. The maximum absolute atomic E-state index is 9.20. The lowest BCUT2D eigenvalue weighted by atomic mass is 10.1. The SMILES string of the molecule is CCCCCCCCN(C(C)CO)C(C)CO. The van der Waals surface area contributed by atoms with Crippen LogP contribution in [0.5, 0.6) is 0 Å². The quantitative estimate of drug-likeness (QED) is 0.549. The van der Waals surface area contributed by atoms with Gasteiger partial charge in [0, 0.05) is 12.1 Å². The van der Waals surface area contributed by atoms with Crippen molar-refractivity contribution in [1.29, 1.82) is 0 Å². The molecule has 0 aromatic heterocycles. The van der Waals surface area contributed by atoms with Gasteiger partial charge in [-0.3, -0.25) is 4.90 Å². The van der Waals surface area contributed by atoms with Crippen LogP contribution in [0, 0.1) is 0 Å². The first-order valence-corrected chi connectivity index (χ1v) is 7.14.